The van der Waals surface area contributed by atoms with Crippen LogP contribution in [0.1, 0.15) is 23.1 Å². The van der Waals surface area contributed by atoms with Crippen LogP contribution in [0.25, 0.3) is 0 Å². The van der Waals surface area contributed by atoms with Gasteiger partial charge >= 0.3 is 5.97 Å². The zero-order valence-corrected chi connectivity index (χ0v) is 10.3. The van der Waals surface area contributed by atoms with E-state index in [2.05, 4.69) is 25.7 Å². The van der Waals surface area contributed by atoms with Gasteiger partial charge in [0.05, 0.1) is 13.5 Å². The molecule has 0 aromatic carbocycles. The van der Waals surface area contributed by atoms with E-state index in [0.29, 0.717) is 10.2 Å². The molecule has 0 aliphatic rings. The topological polar surface area (TPSA) is 39.2 Å². The summed E-state index contributed by atoms with van der Waals surface area (Å²) in [6.07, 6.45) is -1.76. The van der Waals surface area contributed by atoms with Gasteiger partial charge in [-0.25, -0.2) is 13.8 Å². The Morgan fingerprint density at radius 1 is 1.62 bits per heavy atom. The highest BCUT2D eigenvalue weighted by molar-refractivity contribution is 9.10. The monoisotopic (exact) mass is 293 g/mol. The molecule has 1 heterocycles. The maximum atomic E-state index is 12.7. The second-order valence-corrected chi connectivity index (χ2v) is 3.91. The number of halogens is 3. The van der Waals surface area contributed by atoms with Crippen LogP contribution in [-0.4, -0.2) is 18.1 Å². The first kappa shape index (κ1) is 13.0. The summed E-state index contributed by atoms with van der Waals surface area (Å²) < 4.78 is 30.3. The molecule has 0 unspecified atom stereocenters. The Balaban J connectivity index is 3.20. The lowest BCUT2D eigenvalue weighted by Crippen LogP contribution is -2.10. The fourth-order valence-corrected chi connectivity index (χ4v) is 1.62. The van der Waals surface area contributed by atoms with E-state index in [1.54, 1.807) is 6.92 Å². The highest BCUT2D eigenvalue weighted by Crippen LogP contribution is 2.28. The summed E-state index contributed by atoms with van der Waals surface area (Å²) in [6, 6.07) is 0. The van der Waals surface area contributed by atoms with Crippen LogP contribution >= 0.6 is 15.9 Å². The lowest BCUT2D eigenvalue weighted by molar-refractivity contribution is -0.139. The highest BCUT2D eigenvalue weighted by Gasteiger charge is 2.19. The minimum absolute atomic E-state index is 0.177. The third kappa shape index (κ3) is 2.75. The van der Waals surface area contributed by atoms with Gasteiger partial charge in [0, 0.05) is 11.8 Å². The predicted octanol–water partition coefficient (Wildman–Crippen LogP) is 2.81. The molecule has 0 amide bonds. The van der Waals surface area contributed by atoms with Crippen molar-refractivity contribution in [1.29, 1.82) is 0 Å². The van der Waals surface area contributed by atoms with E-state index < -0.39 is 12.4 Å². The van der Waals surface area contributed by atoms with Gasteiger partial charge in [-0.3, -0.25) is 4.79 Å². The van der Waals surface area contributed by atoms with Gasteiger partial charge in [-0.05, 0) is 34.0 Å². The van der Waals surface area contributed by atoms with Crippen LogP contribution in [0.4, 0.5) is 8.78 Å². The number of nitrogens with zero attached hydrogens (tertiary/aromatic N) is 1. The van der Waals surface area contributed by atoms with E-state index in [1.165, 1.54) is 7.11 Å². The average Bonchev–Trinajstić information content (AvgIpc) is 2.24. The number of carbonyl (C=O) groups is 1. The number of hydrogen-bond acceptors (Lipinski definition) is 3. The van der Waals surface area contributed by atoms with Gasteiger partial charge in [0.2, 0.25) is 0 Å². The van der Waals surface area contributed by atoms with Crippen molar-refractivity contribution >= 4 is 21.9 Å². The minimum Gasteiger partial charge on any atom is -0.469 e. The Hall–Kier alpha value is -1.04. The first-order chi connectivity index (χ1) is 7.47. The molecule has 0 saturated heterocycles. The normalized spacial score (nSPS) is 10.6. The summed E-state index contributed by atoms with van der Waals surface area (Å²) in [6.45, 7) is 1.63. The standard InChI is InChI=1S/C10H10BrF2NO2/c1-5-6(3-8(15)16-2)7(10(12)13)4-14-9(5)11/h4,10H,3H2,1-2H3. The van der Waals surface area contributed by atoms with Gasteiger partial charge in [-0.1, -0.05) is 0 Å². The van der Waals surface area contributed by atoms with Gasteiger partial charge in [-0.15, -0.1) is 0 Å². The Bertz CT molecular complexity index is 410. The molecule has 3 nitrogen and oxygen atoms in total. The van der Waals surface area contributed by atoms with Gasteiger partial charge in [-0.2, -0.15) is 0 Å². The van der Waals surface area contributed by atoms with Crippen molar-refractivity contribution in [3.8, 4) is 0 Å². The first-order valence-electron chi connectivity index (χ1n) is 4.46. The molecule has 6 heteroatoms. The van der Waals surface area contributed by atoms with Gasteiger partial charge < -0.3 is 4.74 Å². The quantitative estimate of drug-likeness (QED) is 0.635. The molecular formula is C10H10BrF2NO2. The summed E-state index contributed by atoms with van der Waals surface area (Å²) >= 11 is 3.13. The number of carbonyl (C=O) groups excluding carboxylic acids is 1. The Morgan fingerprint density at radius 2 is 2.25 bits per heavy atom. The summed E-state index contributed by atoms with van der Waals surface area (Å²) in [4.78, 5) is 14.9. The summed E-state index contributed by atoms with van der Waals surface area (Å²) in [5, 5.41) is 0. The number of rotatable bonds is 3. The van der Waals surface area contributed by atoms with Crippen LogP contribution in [0, 0.1) is 6.92 Å². The molecule has 88 valence electrons. The lowest BCUT2D eigenvalue weighted by atomic mass is 10.0. The molecule has 1 aromatic heterocycles. The molecule has 1 aromatic rings. The molecule has 0 saturated carbocycles. The molecule has 1 rings (SSSR count). The molecule has 0 radical (unpaired) electrons. The van der Waals surface area contributed by atoms with Crippen LogP contribution in [0.2, 0.25) is 0 Å². The van der Waals surface area contributed by atoms with Crippen LogP contribution < -0.4 is 0 Å². The Labute approximate surface area is 99.9 Å². The highest BCUT2D eigenvalue weighted by atomic mass is 79.9. The third-order valence-corrected chi connectivity index (χ3v) is 3.01. The predicted molar refractivity (Wildman–Crippen MR) is 57.4 cm³/mol. The molecule has 0 spiro atoms. The van der Waals surface area contributed by atoms with Crippen molar-refractivity contribution in [2.24, 2.45) is 0 Å². The zero-order valence-electron chi connectivity index (χ0n) is 8.76. The number of alkyl halides is 2. The van der Waals surface area contributed by atoms with E-state index >= 15 is 0 Å². The molecule has 0 aliphatic heterocycles. The van der Waals surface area contributed by atoms with Crippen LogP contribution in [-0.2, 0) is 16.0 Å². The van der Waals surface area contributed by atoms with Crippen molar-refractivity contribution in [2.75, 3.05) is 7.11 Å². The molecule has 16 heavy (non-hydrogen) atoms. The first-order valence-corrected chi connectivity index (χ1v) is 5.25. The molecule has 0 atom stereocenters. The van der Waals surface area contributed by atoms with Crippen LogP contribution in [0.5, 0.6) is 0 Å². The van der Waals surface area contributed by atoms with E-state index in [-0.39, 0.29) is 17.5 Å². The maximum absolute atomic E-state index is 12.7. The van der Waals surface area contributed by atoms with Gasteiger partial charge in [0.1, 0.15) is 4.60 Å². The fourth-order valence-electron chi connectivity index (χ4n) is 1.28. The fraction of sp³-hybridized carbons (Fsp3) is 0.400. The number of esters is 1. The second-order valence-electron chi connectivity index (χ2n) is 3.16. The number of hydrogen-bond donors (Lipinski definition) is 0. The zero-order chi connectivity index (χ0) is 12.3. The second kappa shape index (κ2) is 5.34. The summed E-state index contributed by atoms with van der Waals surface area (Å²) in [5.41, 5.74) is 0.568. The number of methoxy groups -OCH3 is 1. The van der Waals surface area contributed by atoms with Crippen LogP contribution in [0.15, 0.2) is 10.8 Å². The van der Waals surface area contributed by atoms with E-state index in [4.69, 9.17) is 0 Å². The number of ether oxygens (including phenoxy) is 1. The largest absolute Gasteiger partial charge is 0.469 e. The van der Waals surface area contributed by atoms with Crippen molar-refractivity contribution in [3.05, 3.63) is 27.5 Å². The van der Waals surface area contributed by atoms with Gasteiger partial charge in [0.25, 0.3) is 6.43 Å². The average molecular weight is 294 g/mol. The van der Waals surface area contributed by atoms with Crippen LogP contribution in [0.3, 0.4) is 0 Å². The van der Waals surface area contributed by atoms with E-state index in [9.17, 15) is 13.6 Å². The minimum atomic E-state index is -2.65. The number of aromatic nitrogens is 1. The van der Waals surface area contributed by atoms with E-state index in [0.717, 1.165) is 6.20 Å². The Kier molecular flexibility index (Phi) is 4.35. The molecule has 0 aliphatic carbocycles. The van der Waals surface area contributed by atoms with Crippen molar-refractivity contribution in [3.63, 3.8) is 0 Å². The van der Waals surface area contributed by atoms with Crippen molar-refractivity contribution in [1.82, 2.24) is 4.98 Å². The Morgan fingerprint density at radius 3 is 2.75 bits per heavy atom. The van der Waals surface area contributed by atoms with Crippen molar-refractivity contribution in [2.45, 2.75) is 19.8 Å². The SMILES string of the molecule is COC(=O)Cc1c(C(F)F)cnc(Br)c1C. The third-order valence-electron chi connectivity index (χ3n) is 2.21. The smallest absolute Gasteiger partial charge is 0.310 e. The number of pyridine rings is 1. The van der Waals surface area contributed by atoms with E-state index in [1.807, 2.05) is 0 Å². The lowest BCUT2D eigenvalue weighted by Gasteiger charge is -2.11. The van der Waals surface area contributed by atoms with Crippen molar-refractivity contribution < 1.29 is 18.3 Å². The molecule has 0 fully saturated rings. The summed E-state index contributed by atoms with van der Waals surface area (Å²) in [7, 11) is 1.22. The summed E-state index contributed by atoms with van der Waals surface area (Å²) in [5.74, 6) is -0.553. The maximum Gasteiger partial charge on any atom is 0.310 e. The molecule has 0 bridgehead atoms. The molecular weight excluding hydrogens is 284 g/mol. The van der Waals surface area contributed by atoms with Gasteiger partial charge in [0.15, 0.2) is 0 Å². The molecule has 0 N–H and O–H groups in total.